The van der Waals surface area contributed by atoms with Gasteiger partial charge in [0.1, 0.15) is 6.54 Å². The maximum absolute atomic E-state index is 13.1. The number of carbonyl (C=O) groups excluding carboxylic acids is 2. The first-order valence-electron chi connectivity index (χ1n) is 10.6. The Morgan fingerprint density at radius 1 is 0.879 bits per heavy atom. The molecule has 2 amide bonds. The lowest BCUT2D eigenvalue weighted by Gasteiger charge is -2.11. The number of rotatable bonds is 6. The fourth-order valence-corrected chi connectivity index (χ4v) is 3.88. The molecule has 2 aromatic heterocycles. The highest BCUT2D eigenvalue weighted by molar-refractivity contribution is 6.15. The smallest absolute Gasteiger partial charge is 0.253 e. The number of anilines is 1. The first-order valence-corrected chi connectivity index (χ1v) is 10.6. The van der Waals surface area contributed by atoms with Crippen molar-refractivity contribution in [3.8, 4) is 0 Å². The van der Waals surface area contributed by atoms with Crippen LogP contribution in [0.5, 0.6) is 0 Å². The van der Waals surface area contributed by atoms with Crippen molar-refractivity contribution in [1.82, 2.24) is 20.1 Å². The zero-order valence-corrected chi connectivity index (χ0v) is 17.7. The molecule has 5 aromatic rings. The van der Waals surface area contributed by atoms with E-state index in [4.69, 9.17) is 0 Å². The Hall–Kier alpha value is -4.52. The van der Waals surface area contributed by atoms with Crippen LogP contribution in [0.1, 0.15) is 15.9 Å². The lowest BCUT2D eigenvalue weighted by molar-refractivity contribution is -0.116. The fraction of sp³-hybridized carbons (Fsp3) is 0.0769. The Morgan fingerprint density at radius 3 is 2.64 bits per heavy atom. The van der Waals surface area contributed by atoms with E-state index in [1.807, 2.05) is 66.7 Å². The molecule has 5 rings (SSSR count). The van der Waals surface area contributed by atoms with Crippen LogP contribution in [-0.2, 0) is 17.9 Å². The van der Waals surface area contributed by atoms with Gasteiger partial charge in [0, 0.05) is 36.2 Å². The zero-order valence-electron chi connectivity index (χ0n) is 17.7. The first-order chi connectivity index (χ1) is 16.2. The highest BCUT2D eigenvalue weighted by Crippen LogP contribution is 2.27. The van der Waals surface area contributed by atoms with E-state index in [2.05, 4.69) is 20.7 Å². The van der Waals surface area contributed by atoms with Crippen molar-refractivity contribution in [2.24, 2.45) is 0 Å². The molecule has 0 aliphatic rings. The van der Waals surface area contributed by atoms with Crippen LogP contribution in [0.15, 0.2) is 91.4 Å². The molecule has 0 bridgehead atoms. The number of hydrogen-bond acceptors (Lipinski definition) is 4. The quantitative estimate of drug-likeness (QED) is 0.392. The Kier molecular flexibility index (Phi) is 5.51. The summed E-state index contributed by atoms with van der Waals surface area (Å²) in [4.78, 5) is 29.8. The fourth-order valence-electron chi connectivity index (χ4n) is 3.88. The monoisotopic (exact) mass is 435 g/mol. The molecule has 162 valence electrons. The van der Waals surface area contributed by atoms with E-state index < -0.39 is 0 Å². The Morgan fingerprint density at radius 2 is 1.76 bits per heavy atom. The molecule has 0 unspecified atom stereocenters. The summed E-state index contributed by atoms with van der Waals surface area (Å²) in [6.45, 7) is 0.457. The molecular formula is C26H21N5O2. The van der Waals surface area contributed by atoms with Crippen molar-refractivity contribution >= 4 is 39.2 Å². The van der Waals surface area contributed by atoms with Gasteiger partial charge < -0.3 is 10.6 Å². The summed E-state index contributed by atoms with van der Waals surface area (Å²) < 4.78 is 1.56. The van der Waals surface area contributed by atoms with Crippen molar-refractivity contribution in [1.29, 1.82) is 0 Å². The van der Waals surface area contributed by atoms with E-state index in [0.717, 1.165) is 21.7 Å². The molecule has 7 nitrogen and oxygen atoms in total. The van der Waals surface area contributed by atoms with Crippen LogP contribution in [-0.4, -0.2) is 26.6 Å². The van der Waals surface area contributed by atoms with Gasteiger partial charge in [-0.3, -0.25) is 19.3 Å². The van der Waals surface area contributed by atoms with Crippen LogP contribution in [0, 0.1) is 0 Å². The van der Waals surface area contributed by atoms with Crippen molar-refractivity contribution in [2.75, 3.05) is 5.32 Å². The van der Waals surface area contributed by atoms with Gasteiger partial charge in [-0.1, -0.05) is 42.5 Å². The first kappa shape index (κ1) is 20.4. The number of benzene rings is 3. The molecule has 0 aliphatic carbocycles. The molecule has 0 saturated carbocycles. The molecular weight excluding hydrogens is 414 g/mol. The minimum Gasteiger partial charge on any atom is -0.348 e. The van der Waals surface area contributed by atoms with E-state index in [1.165, 1.54) is 0 Å². The molecule has 0 spiro atoms. The zero-order chi connectivity index (χ0) is 22.6. The van der Waals surface area contributed by atoms with Crippen LogP contribution in [0.3, 0.4) is 0 Å². The molecule has 0 aliphatic heterocycles. The Bertz CT molecular complexity index is 1460. The second kappa shape index (κ2) is 8.92. The minimum absolute atomic E-state index is 0.135. The Balaban J connectivity index is 1.32. The average Bonchev–Trinajstić information content (AvgIpc) is 3.35. The minimum atomic E-state index is -0.197. The average molecular weight is 435 g/mol. The third kappa shape index (κ3) is 4.43. The summed E-state index contributed by atoms with van der Waals surface area (Å²) in [7, 11) is 0. The number of pyridine rings is 1. The maximum atomic E-state index is 13.1. The highest BCUT2D eigenvalue weighted by Gasteiger charge is 2.14. The number of nitrogens with zero attached hydrogens (tertiary/aromatic N) is 3. The van der Waals surface area contributed by atoms with Crippen LogP contribution in [0.4, 0.5) is 5.69 Å². The van der Waals surface area contributed by atoms with Gasteiger partial charge in [0.2, 0.25) is 5.91 Å². The molecule has 0 saturated heterocycles. The molecule has 2 N–H and O–H groups in total. The highest BCUT2D eigenvalue weighted by atomic mass is 16.2. The Labute approximate surface area is 190 Å². The van der Waals surface area contributed by atoms with Crippen molar-refractivity contribution in [3.05, 3.63) is 103 Å². The van der Waals surface area contributed by atoms with Crippen LogP contribution in [0.25, 0.3) is 21.7 Å². The summed E-state index contributed by atoms with van der Waals surface area (Å²) in [5.74, 6) is -0.369. The van der Waals surface area contributed by atoms with Crippen LogP contribution < -0.4 is 10.6 Å². The number of carbonyl (C=O) groups is 2. The molecule has 0 radical (unpaired) electrons. The second-order valence-electron chi connectivity index (χ2n) is 7.68. The van der Waals surface area contributed by atoms with E-state index in [-0.39, 0.29) is 18.4 Å². The maximum Gasteiger partial charge on any atom is 0.253 e. The van der Waals surface area contributed by atoms with Crippen molar-refractivity contribution in [2.45, 2.75) is 13.1 Å². The van der Waals surface area contributed by atoms with Gasteiger partial charge in [-0.2, -0.15) is 5.10 Å². The van der Waals surface area contributed by atoms with E-state index >= 15 is 0 Å². The van der Waals surface area contributed by atoms with Crippen LogP contribution >= 0.6 is 0 Å². The van der Waals surface area contributed by atoms with Gasteiger partial charge in [0.15, 0.2) is 0 Å². The summed E-state index contributed by atoms with van der Waals surface area (Å²) in [5.41, 5.74) is 2.75. The normalized spacial score (nSPS) is 10.9. The number of aromatic nitrogens is 3. The molecule has 3 aromatic carbocycles. The topological polar surface area (TPSA) is 88.9 Å². The number of fused-ring (bicyclic) bond motifs is 3. The molecule has 7 heteroatoms. The predicted molar refractivity (Wildman–Crippen MR) is 128 cm³/mol. The number of amides is 2. The van der Waals surface area contributed by atoms with Crippen molar-refractivity contribution < 1.29 is 9.59 Å². The van der Waals surface area contributed by atoms with Gasteiger partial charge in [0.05, 0.1) is 11.1 Å². The summed E-state index contributed by atoms with van der Waals surface area (Å²) in [5, 5.41) is 12.9. The lowest BCUT2D eigenvalue weighted by atomic mass is 10.0. The van der Waals surface area contributed by atoms with Gasteiger partial charge in [-0.25, -0.2) is 0 Å². The largest absolute Gasteiger partial charge is 0.348 e. The lowest BCUT2D eigenvalue weighted by Crippen LogP contribution is -2.23. The third-order valence-electron chi connectivity index (χ3n) is 5.39. The molecule has 2 heterocycles. The third-order valence-corrected chi connectivity index (χ3v) is 5.39. The van der Waals surface area contributed by atoms with Crippen molar-refractivity contribution in [3.63, 3.8) is 0 Å². The van der Waals surface area contributed by atoms with E-state index in [0.29, 0.717) is 23.3 Å². The standard InChI is InChI=1S/C26H21N5O2/c32-24(17-31-13-5-12-29-31)30-20-8-3-6-18(14-20)16-28-26(33)23-15-19-7-1-2-9-21(19)22-10-4-11-27-25(22)23/h1-15H,16-17H2,(H,28,33)(H,30,32). The number of hydrogen-bond donors (Lipinski definition) is 2. The second-order valence-corrected chi connectivity index (χ2v) is 7.68. The van der Waals surface area contributed by atoms with E-state index in [1.54, 1.807) is 29.3 Å². The summed E-state index contributed by atoms with van der Waals surface area (Å²) in [6.07, 6.45) is 5.06. The number of nitrogens with one attached hydrogen (secondary N) is 2. The molecule has 33 heavy (non-hydrogen) atoms. The van der Waals surface area contributed by atoms with Crippen LogP contribution in [0.2, 0.25) is 0 Å². The predicted octanol–water partition coefficient (Wildman–Crippen LogP) is 4.15. The summed E-state index contributed by atoms with van der Waals surface area (Å²) in [6, 6.07) is 22.9. The van der Waals surface area contributed by atoms with Gasteiger partial charge in [0.25, 0.3) is 5.91 Å². The van der Waals surface area contributed by atoms with Gasteiger partial charge >= 0.3 is 0 Å². The van der Waals surface area contributed by atoms with Gasteiger partial charge in [-0.15, -0.1) is 0 Å². The molecule has 0 fully saturated rings. The summed E-state index contributed by atoms with van der Waals surface area (Å²) >= 11 is 0. The molecule has 0 atom stereocenters. The SMILES string of the molecule is O=C(Cn1cccn1)Nc1cccc(CNC(=O)c2cc3ccccc3c3cccnc23)c1. The van der Waals surface area contributed by atoms with E-state index in [9.17, 15) is 9.59 Å². The van der Waals surface area contributed by atoms with Gasteiger partial charge in [-0.05, 0) is 46.7 Å².